The van der Waals surface area contributed by atoms with Crippen LogP contribution in [0.1, 0.15) is 19.4 Å². The Labute approximate surface area is 129 Å². The van der Waals surface area contributed by atoms with E-state index in [4.69, 9.17) is 10.5 Å². The first-order valence-electron chi connectivity index (χ1n) is 7.25. The van der Waals surface area contributed by atoms with Crippen LogP contribution in [0, 0.1) is 5.92 Å². The number of ether oxygens (including phenoxy) is 1. The fraction of sp³-hybridized carbons (Fsp3) is 0.375. The van der Waals surface area contributed by atoms with Crippen molar-refractivity contribution >= 4 is 22.9 Å². The molecule has 1 atom stereocenters. The number of benzene rings is 1. The molecule has 2 amide bonds. The Balaban J connectivity index is 2.06. The fourth-order valence-corrected chi connectivity index (χ4v) is 2.17. The summed E-state index contributed by atoms with van der Waals surface area (Å²) in [7, 11) is 0. The van der Waals surface area contributed by atoms with Gasteiger partial charge in [-0.3, -0.25) is 4.79 Å². The van der Waals surface area contributed by atoms with Crippen molar-refractivity contribution in [3.8, 4) is 0 Å². The van der Waals surface area contributed by atoms with Crippen LogP contribution >= 0.6 is 0 Å². The van der Waals surface area contributed by atoms with Crippen molar-refractivity contribution in [1.29, 1.82) is 0 Å². The SMILES string of the molecule is CC(C)COC(=O)N[C@@H](Cc1c[nH]c2ccccc12)C(N)=O. The standard InChI is InChI=1S/C16H21N3O3/c1-10(2)9-22-16(21)19-14(15(17)20)7-11-8-18-13-6-4-3-5-12(11)13/h3-6,8,10,14,18H,7,9H2,1-2H3,(H2,17,20)(H,19,21)/t14-/m0/s1. The van der Waals surface area contributed by atoms with Crippen LogP contribution in [-0.2, 0) is 16.0 Å². The van der Waals surface area contributed by atoms with Crippen molar-refractivity contribution in [3.05, 3.63) is 36.0 Å². The van der Waals surface area contributed by atoms with E-state index in [1.54, 1.807) is 0 Å². The first kappa shape index (κ1) is 15.9. The number of para-hydroxylation sites is 1. The second-order valence-corrected chi connectivity index (χ2v) is 5.66. The number of amides is 2. The minimum atomic E-state index is -0.807. The Morgan fingerprint density at radius 3 is 2.73 bits per heavy atom. The number of rotatable bonds is 6. The number of hydrogen-bond acceptors (Lipinski definition) is 3. The Bertz CT molecular complexity index is 663. The second-order valence-electron chi connectivity index (χ2n) is 5.66. The summed E-state index contributed by atoms with van der Waals surface area (Å²) in [5.74, 6) is -0.363. The van der Waals surface area contributed by atoms with Gasteiger partial charge in [0.15, 0.2) is 0 Å². The summed E-state index contributed by atoms with van der Waals surface area (Å²) >= 11 is 0. The molecule has 0 aliphatic carbocycles. The molecular weight excluding hydrogens is 282 g/mol. The molecule has 0 aliphatic heterocycles. The molecule has 1 aromatic carbocycles. The summed E-state index contributed by atoms with van der Waals surface area (Å²) in [6.45, 7) is 4.17. The van der Waals surface area contributed by atoms with Crippen molar-refractivity contribution in [3.63, 3.8) is 0 Å². The van der Waals surface area contributed by atoms with E-state index in [2.05, 4.69) is 10.3 Å². The Morgan fingerprint density at radius 1 is 1.32 bits per heavy atom. The molecule has 0 saturated heterocycles. The van der Waals surface area contributed by atoms with Gasteiger partial charge in [0.1, 0.15) is 6.04 Å². The summed E-state index contributed by atoms with van der Waals surface area (Å²) in [6, 6.07) is 6.94. The summed E-state index contributed by atoms with van der Waals surface area (Å²) in [5, 5.41) is 3.53. The number of fused-ring (bicyclic) bond motifs is 1. The third-order valence-corrected chi connectivity index (χ3v) is 3.28. The number of hydrogen-bond donors (Lipinski definition) is 3. The number of primary amides is 1. The van der Waals surface area contributed by atoms with Gasteiger partial charge < -0.3 is 20.8 Å². The van der Waals surface area contributed by atoms with Crippen LogP contribution < -0.4 is 11.1 Å². The van der Waals surface area contributed by atoms with Crippen LogP contribution in [0.2, 0.25) is 0 Å². The van der Waals surface area contributed by atoms with Crippen LogP contribution in [0.25, 0.3) is 10.9 Å². The van der Waals surface area contributed by atoms with Crippen LogP contribution in [0.4, 0.5) is 4.79 Å². The lowest BCUT2D eigenvalue weighted by molar-refractivity contribution is -0.119. The number of carbonyl (C=O) groups excluding carboxylic acids is 2. The molecule has 0 fully saturated rings. The molecule has 6 heteroatoms. The molecule has 0 spiro atoms. The van der Waals surface area contributed by atoms with E-state index >= 15 is 0 Å². The summed E-state index contributed by atoms with van der Waals surface area (Å²) in [6.07, 6.45) is 1.51. The lowest BCUT2D eigenvalue weighted by Gasteiger charge is -2.16. The second kappa shape index (κ2) is 6.98. The number of carbonyl (C=O) groups is 2. The van der Waals surface area contributed by atoms with E-state index < -0.39 is 18.0 Å². The minimum absolute atomic E-state index is 0.228. The zero-order valence-electron chi connectivity index (χ0n) is 12.8. The van der Waals surface area contributed by atoms with E-state index in [1.807, 2.05) is 44.3 Å². The molecular formula is C16H21N3O3. The molecule has 1 aromatic heterocycles. The van der Waals surface area contributed by atoms with Crippen molar-refractivity contribution in [2.75, 3.05) is 6.61 Å². The van der Waals surface area contributed by atoms with E-state index in [-0.39, 0.29) is 5.92 Å². The number of H-pyrrole nitrogens is 1. The summed E-state index contributed by atoms with van der Waals surface area (Å²) in [4.78, 5) is 26.4. The first-order chi connectivity index (χ1) is 10.5. The molecule has 118 valence electrons. The smallest absolute Gasteiger partial charge is 0.407 e. The lowest BCUT2D eigenvalue weighted by atomic mass is 10.0. The van der Waals surface area contributed by atoms with Gasteiger partial charge in [0.25, 0.3) is 0 Å². The largest absolute Gasteiger partial charge is 0.449 e. The maximum atomic E-state index is 11.7. The monoisotopic (exact) mass is 303 g/mol. The van der Waals surface area contributed by atoms with Gasteiger partial charge in [-0.2, -0.15) is 0 Å². The van der Waals surface area contributed by atoms with Gasteiger partial charge in [-0.15, -0.1) is 0 Å². The van der Waals surface area contributed by atoms with E-state index in [9.17, 15) is 9.59 Å². The molecule has 2 aromatic rings. The lowest BCUT2D eigenvalue weighted by Crippen LogP contribution is -2.46. The molecule has 22 heavy (non-hydrogen) atoms. The number of aromatic nitrogens is 1. The predicted octanol–water partition coefficient (Wildman–Crippen LogP) is 1.95. The van der Waals surface area contributed by atoms with Gasteiger partial charge in [-0.25, -0.2) is 4.79 Å². The van der Waals surface area contributed by atoms with Gasteiger partial charge in [0.2, 0.25) is 5.91 Å². The van der Waals surface area contributed by atoms with Crippen molar-refractivity contribution in [2.45, 2.75) is 26.3 Å². The quantitative estimate of drug-likeness (QED) is 0.760. The highest BCUT2D eigenvalue weighted by Crippen LogP contribution is 2.19. The Morgan fingerprint density at radius 2 is 2.05 bits per heavy atom. The maximum Gasteiger partial charge on any atom is 0.407 e. The molecule has 4 N–H and O–H groups in total. The van der Waals surface area contributed by atoms with Gasteiger partial charge in [-0.05, 0) is 17.5 Å². The maximum absolute atomic E-state index is 11.7. The predicted molar refractivity (Wildman–Crippen MR) is 84.3 cm³/mol. The normalized spacial score (nSPS) is 12.3. The third kappa shape index (κ3) is 4.00. The fourth-order valence-electron chi connectivity index (χ4n) is 2.17. The number of nitrogens with two attached hydrogens (primary N) is 1. The average molecular weight is 303 g/mol. The van der Waals surface area contributed by atoms with E-state index in [1.165, 1.54) is 0 Å². The first-order valence-corrected chi connectivity index (χ1v) is 7.25. The van der Waals surface area contributed by atoms with Gasteiger partial charge in [0.05, 0.1) is 6.61 Å². The topological polar surface area (TPSA) is 97.2 Å². The Kier molecular flexibility index (Phi) is 5.04. The zero-order chi connectivity index (χ0) is 16.1. The molecule has 0 radical (unpaired) electrons. The molecule has 0 saturated carbocycles. The Hall–Kier alpha value is -2.50. The van der Waals surface area contributed by atoms with Crippen LogP contribution in [-0.4, -0.2) is 29.6 Å². The third-order valence-electron chi connectivity index (χ3n) is 3.28. The molecule has 2 rings (SSSR count). The number of alkyl carbamates (subject to hydrolysis) is 1. The average Bonchev–Trinajstić information content (AvgIpc) is 2.87. The highest BCUT2D eigenvalue weighted by molar-refractivity contribution is 5.87. The zero-order valence-corrected chi connectivity index (χ0v) is 12.8. The van der Waals surface area contributed by atoms with Gasteiger partial charge in [-0.1, -0.05) is 32.0 Å². The van der Waals surface area contributed by atoms with E-state index in [0.717, 1.165) is 16.5 Å². The van der Waals surface area contributed by atoms with E-state index in [0.29, 0.717) is 13.0 Å². The summed E-state index contributed by atoms with van der Waals surface area (Å²) in [5.41, 5.74) is 7.28. The van der Waals surface area contributed by atoms with Crippen molar-refractivity contribution < 1.29 is 14.3 Å². The number of nitrogens with one attached hydrogen (secondary N) is 2. The van der Waals surface area contributed by atoms with Crippen molar-refractivity contribution in [1.82, 2.24) is 10.3 Å². The van der Waals surface area contributed by atoms with Crippen LogP contribution in [0.5, 0.6) is 0 Å². The molecule has 0 unspecified atom stereocenters. The van der Waals surface area contributed by atoms with Gasteiger partial charge in [0, 0.05) is 23.5 Å². The highest BCUT2D eigenvalue weighted by atomic mass is 16.5. The van der Waals surface area contributed by atoms with Gasteiger partial charge >= 0.3 is 6.09 Å². The number of aromatic amines is 1. The molecule has 0 bridgehead atoms. The minimum Gasteiger partial charge on any atom is -0.449 e. The van der Waals surface area contributed by atoms with Crippen LogP contribution in [0.3, 0.4) is 0 Å². The van der Waals surface area contributed by atoms with Crippen molar-refractivity contribution in [2.24, 2.45) is 11.7 Å². The highest BCUT2D eigenvalue weighted by Gasteiger charge is 2.21. The molecule has 1 heterocycles. The summed E-state index contributed by atoms with van der Waals surface area (Å²) < 4.78 is 5.03. The van der Waals surface area contributed by atoms with Crippen LogP contribution in [0.15, 0.2) is 30.5 Å². The molecule has 0 aliphatic rings. The molecule has 6 nitrogen and oxygen atoms in total.